The van der Waals surface area contributed by atoms with Crippen LogP contribution < -0.4 is 10.1 Å². The van der Waals surface area contributed by atoms with Crippen molar-refractivity contribution in [2.24, 2.45) is 0 Å². The lowest BCUT2D eigenvalue weighted by Crippen LogP contribution is -2.31. The summed E-state index contributed by atoms with van der Waals surface area (Å²) in [5.41, 5.74) is 1.75. The van der Waals surface area contributed by atoms with Gasteiger partial charge in [0.05, 0.1) is 11.8 Å². The molecule has 1 aliphatic rings. The molecule has 1 saturated heterocycles. The number of benzene rings is 1. The maximum absolute atomic E-state index is 12.1. The Morgan fingerprint density at radius 3 is 3.09 bits per heavy atom. The molecule has 120 valence electrons. The van der Waals surface area contributed by atoms with Crippen LogP contribution in [0, 0.1) is 6.92 Å². The summed E-state index contributed by atoms with van der Waals surface area (Å²) < 4.78 is 11.4. The molecule has 0 saturated carbocycles. The molecule has 1 aromatic rings. The molecule has 1 atom stereocenters. The van der Waals surface area contributed by atoms with Crippen LogP contribution >= 0.6 is 0 Å². The lowest BCUT2D eigenvalue weighted by Gasteiger charge is -2.19. The van der Waals surface area contributed by atoms with Crippen molar-refractivity contribution in [1.29, 1.82) is 0 Å². The van der Waals surface area contributed by atoms with Crippen molar-refractivity contribution in [3.63, 3.8) is 0 Å². The molecule has 1 heterocycles. The zero-order valence-electron chi connectivity index (χ0n) is 13.3. The monoisotopic (exact) mass is 304 g/mol. The summed E-state index contributed by atoms with van der Waals surface area (Å²) >= 11 is 0. The first-order chi connectivity index (χ1) is 10.6. The van der Waals surface area contributed by atoms with E-state index in [4.69, 9.17) is 9.47 Å². The molecule has 0 spiro atoms. The lowest BCUT2D eigenvalue weighted by atomic mass is 10.2. The average molecular weight is 304 g/mol. The summed E-state index contributed by atoms with van der Waals surface area (Å²) in [6, 6.07) is 5.55. The Kier molecular flexibility index (Phi) is 5.83. The third-order valence-electron chi connectivity index (χ3n) is 3.58. The molecule has 0 aliphatic carbocycles. The normalized spacial score (nSPS) is 17.1. The predicted octanol–water partition coefficient (Wildman–Crippen LogP) is 3.20. The topological polar surface area (TPSA) is 50.8 Å². The molecule has 2 amide bonds. The van der Waals surface area contributed by atoms with Crippen LogP contribution in [-0.2, 0) is 4.74 Å². The number of hydrogen-bond acceptors (Lipinski definition) is 3. The molecular weight excluding hydrogens is 280 g/mol. The highest BCUT2D eigenvalue weighted by Gasteiger charge is 2.17. The van der Waals surface area contributed by atoms with Gasteiger partial charge in [-0.1, -0.05) is 12.1 Å². The average Bonchev–Trinajstić information content (AvgIpc) is 3.01. The number of urea groups is 1. The van der Waals surface area contributed by atoms with E-state index in [9.17, 15) is 4.79 Å². The first-order valence-corrected chi connectivity index (χ1v) is 7.58. The Morgan fingerprint density at radius 1 is 1.59 bits per heavy atom. The second-order valence-corrected chi connectivity index (χ2v) is 5.54. The van der Waals surface area contributed by atoms with Gasteiger partial charge < -0.3 is 19.7 Å². The first kappa shape index (κ1) is 16.4. The molecule has 1 fully saturated rings. The summed E-state index contributed by atoms with van der Waals surface area (Å²) in [5, 5.41) is 2.87. The number of carbonyl (C=O) groups excluding carboxylic acids is 1. The van der Waals surface area contributed by atoms with E-state index < -0.39 is 0 Å². The van der Waals surface area contributed by atoms with Crippen LogP contribution in [0.5, 0.6) is 5.75 Å². The third-order valence-corrected chi connectivity index (χ3v) is 3.58. The summed E-state index contributed by atoms with van der Waals surface area (Å²) in [5.74, 6) is 0.677. The quantitative estimate of drug-likeness (QED) is 0.821. The molecule has 5 heteroatoms. The van der Waals surface area contributed by atoms with Gasteiger partial charge >= 0.3 is 6.03 Å². The van der Waals surface area contributed by atoms with Gasteiger partial charge in [-0.3, -0.25) is 0 Å². The molecule has 2 rings (SSSR count). The number of ether oxygens (including phenoxy) is 2. The van der Waals surface area contributed by atoms with Gasteiger partial charge in [-0.05, 0) is 37.5 Å². The van der Waals surface area contributed by atoms with E-state index in [1.54, 1.807) is 18.0 Å². The Labute approximate surface area is 131 Å². The minimum atomic E-state index is -0.189. The van der Waals surface area contributed by atoms with Crippen LogP contribution in [0.4, 0.5) is 10.5 Å². The molecule has 0 aromatic heterocycles. The van der Waals surface area contributed by atoms with E-state index in [1.807, 2.05) is 25.1 Å². The van der Waals surface area contributed by atoms with Crippen LogP contribution in [0.3, 0.4) is 0 Å². The van der Waals surface area contributed by atoms with Crippen LogP contribution in [0.25, 0.3) is 0 Å². The van der Waals surface area contributed by atoms with E-state index in [-0.39, 0.29) is 12.1 Å². The summed E-state index contributed by atoms with van der Waals surface area (Å²) in [6.07, 6.45) is 3.93. The second kappa shape index (κ2) is 7.84. The number of anilines is 1. The Hall–Kier alpha value is -2.01. The largest absolute Gasteiger partial charge is 0.489 e. The number of likely N-dealkylation sites (N-methyl/N-ethyl adjacent to an activating group) is 1. The number of amides is 2. The van der Waals surface area contributed by atoms with Gasteiger partial charge in [-0.2, -0.15) is 0 Å². The van der Waals surface area contributed by atoms with Gasteiger partial charge in [0.25, 0.3) is 0 Å². The van der Waals surface area contributed by atoms with Crippen molar-refractivity contribution in [3.8, 4) is 5.75 Å². The van der Waals surface area contributed by atoms with E-state index in [2.05, 4.69) is 11.9 Å². The van der Waals surface area contributed by atoms with Crippen LogP contribution in [0.2, 0.25) is 0 Å². The summed E-state index contributed by atoms with van der Waals surface area (Å²) in [6.45, 7) is 7.43. The fourth-order valence-electron chi connectivity index (χ4n) is 2.30. The second-order valence-electron chi connectivity index (χ2n) is 5.54. The molecule has 22 heavy (non-hydrogen) atoms. The molecule has 0 radical (unpaired) electrons. The smallest absolute Gasteiger partial charge is 0.321 e. The molecule has 1 aliphatic heterocycles. The minimum Gasteiger partial charge on any atom is -0.489 e. The molecule has 5 nitrogen and oxygen atoms in total. The Balaban J connectivity index is 2.02. The molecular formula is C17H24N2O3. The van der Waals surface area contributed by atoms with Crippen molar-refractivity contribution in [1.82, 2.24) is 4.90 Å². The van der Waals surface area contributed by atoms with Gasteiger partial charge in [0.1, 0.15) is 12.4 Å². The molecule has 1 unspecified atom stereocenters. The zero-order chi connectivity index (χ0) is 15.9. The van der Waals surface area contributed by atoms with Crippen LogP contribution in [0.15, 0.2) is 30.9 Å². The van der Waals surface area contributed by atoms with E-state index in [0.717, 1.165) is 25.0 Å². The highest BCUT2D eigenvalue weighted by molar-refractivity contribution is 5.91. The van der Waals surface area contributed by atoms with Crippen LogP contribution in [0.1, 0.15) is 18.4 Å². The lowest BCUT2D eigenvalue weighted by molar-refractivity contribution is 0.0682. The summed E-state index contributed by atoms with van der Waals surface area (Å²) in [4.78, 5) is 13.6. The zero-order valence-corrected chi connectivity index (χ0v) is 13.3. The molecule has 0 bridgehead atoms. The highest BCUT2D eigenvalue weighted by atomic mass is 16.5. The van der Waals surface area contributed by atoms with Gasteiger partial charge in [-0.15, -0.1) is 6.58 Å². The maximum atomic E-state index is 12.1. The van der Waals surface area contributed by atoms with E-state index in [1.165, 1.54) is 0 Å². The van der Waals surface area contributed by atoms with Crippen molar-refractivity contribution in [3.05, 3.63) is 36.4 Å². The van der Waals surface area contributed by atoms with Gasteiger partial charge in [0.15, 0.2) is 0 Å². The van der Waals surface area contributed by atoms with Crippen molar-refractivity contribution in [2.45, 2.75) is 25.9 Å². The van der Waals surface area contributed by atoms with Crippen molar-refractivity contribution in [2.75, 3.05) is 32.1 Å². The number of nitrogens with zero attached hydrogens (tertiary/aromatic N) is 1. The number of carbonyl (C=O) groups is 1. The number of hydrogen-bond donors (Lipinski definition) is 1. The molecule has 1 aromatic carbocycles. The van der Waals surface area contributed by atoms with E-state index in [0.29, 0.717) is 24.6 Å². The summed E-state index contributed by atoms with van der Waals surface area (Å²) in [7, 11) is 1.72. The van der Waals surface area contributed by atoms with E-state index >= 15 is 0 Å². The van der Waals surface area contributed by atoms with Gasteiger partial charge in [-0.25, -0.2) is 4.79 Å². The highest BCUT2D eigenvalue weighted by Crippen LogP contribution is 2.27. The third kappa shape index (κ3) is 4.49. The number of nitrogens with one attached hydrogen (secondary N) is 1. The van der Waals surface area contributed by atoms with Crippen LogP contribution in [-0.4, -0.2) is 43.8 Å². The fourth-order valence-corrected chi connectivity index (χ4v) is 2.30. The predicted molar refractivity (Wildman–Crippen MR) is 87.5 cm³/mol. The van der Waals surface area contributed by atoms with Gasteiger partial charge in [0, 0.05) is 20.2 Å². The minimum absolute atomic E-state index is 0.146. The van der Waals surface area contributed by atoms with Crippen molar-refractivity contribution >= 4 is 11.7 Å². The standard InChI is InChI=1S/C17H24N2O3/c1-4-9-19(3)17(20)18-15-8-7-13(2)11-16(15)22-12-14-6-5-10-21-14/h4,7-8,11,14H,1,5-6,9-10,12H2,2-3H3,(H,18,20). The fraction of sp³-hybridized carbons (Fsp3) is 0.471. The molecule has 1 N–H and O–H groups in total. The number of aryl methyl sites for hydroxylation is 1. The Bertz CT molecular complexity index is 525. The Morgan fingerprint density at radius 2 is 2.41 bits per heavy atom. The van der Waals surface area contributed by atoms with Crippen molar-refractivity contribution < 1.29 is 14.3 Å². The maximum Gasteiger partial charge on any atom is 0.321 e. The SMILES string of the molecule is C=CCN(C)C(=O)Nc1ccc(C)cc1OCC1CCCO1. The number of rotatable bonds is 6. The first-order valence-electron chi connectivity index (χ1n) is 7.58. The van der Waals surface area contributed by atoms with Gasteiger partial charge in [0.2, 0.25) is 0 Å².